The van der Waals surface area contributed by atoms with E-state index >= 15 is 0 Å². The van der Waals surface area contributed by atoms with Crippen LogP contribution in [-0.2, 0) is 0 Å². The number of nitrogens with one attached hydrogen (secondary N) is 1. The number of thioether (sulfide) groups is 1. The van der Waals surface area contributed by atoms with Crippen molar-refractivity contribution in [3.63, 3.8) is 0 Å². The fourth-order valence-corrected chi connectivity index (χ4v) is 2.23. The number of nitrogens with zero attached hydrogens (tertiary/aromatic N) is 1. The highest BCUT2D eigenvalue weighted by Crippen LogP contribution is 2.21. The molecule has 0 aliphatic heterocycles. The van der Waals surface area contributed by atoms with Crippen molar-refractivity contribution in [2.45, 2.75) is 24.7 Å². The second-order valence-electron chi connectivity index (χ2n) is 3.69. The lowest BCUT2D eigenvalue weighted by atomic mass is 10.3. The number of amides is 2. The van der Waals surface area contributed by atoms with Gasteiger partial charge in [-0.05, 0) is 36.4 Å². The second-order valence-corrected chi connectivity index (χ2v) is 4.86. The normalized spacial score (nSPS) is 9.83. The van der Waals surface area contributed by atoms with Crippen LogP contribution in [0.3, 0.4) is 0 Å². The topological polar surface area (TPSA) is 93.5 Å². The molecule has 0 radical (unpaired) electrons. The number of urea groups is 1. The predicted octanol–water partition coefficient (Wildman–Crippen LogP) is 2.38. The predicted molar refractivity (Wildman–Crippen MR) is 76.9 cm³/mol. The van der Waals surface area contributed by atoms with Crippen LogP contribution in [0.5, 0.6) is 0 Å². The van der Waals surface area contributed by atoms with E-state index in [0.29, 0.717) is 5.69 Å². The van der Waals surface area contributed by atoms with E-state index in [4.69, 9.17) is 11.5 Å². The van der Waals surface area contributed by atoms with E-state index in [0.717, 1.165) is 5.75 Å². The summed E-state index contributed by atoms with van der Waals surface area (Å²) in [4.78, 5) is 15.8. The number of guanidine groups is 1. The van der Waals surface area contributed by atoms with E-state index in [-0.39, 0.29) is 5.96 Å². The van der Waals surface area contributed by atoms with Crippen LogP contribution in [0.2, 0.25) is 0 Å². The van der Waals surface area contributed by atoms with Crippen LogP contribution in [0.15, 0.2) is 34.2 Å². The highest BCUT2D eigenvalue weighted by molar-refractivity contribution is 7.99. The molecule has 1 rings (SSSR count). The summed E-state index contributed by atoms with van der Waals surface area (Å²) in [7, 11) is 0. The molecule has 0 aliphatic carbocycles. The number of aliphatic imine (C=N–C) groups is 1. The zero-order chi connectivity index (χ0) is 13.4. The SMILES string of the molecule is CCCCSc1ccc(NC(=O)N=C(N)N)cc1. The van der Waals surface area contributed by atoms with Crippen LogP contribution in [-0.4, -0.2) is 17.7 Å². The first-order chi connectivity index (χ1) is 8.61. The van der Waals surface area contributed by atoms with Crippen molar-refractivity contribution in [2.24, 2.45) is 16.5 Å². The minimum atomic E-state index is -0.568. The maximum absolute atomic E-state index is 11.3. The van der Waals surface area contributed by atoms with Crippen LogP contribution >= 0.6 is 11.8 Å². The zero-order valence-electron chi connectivity index (χ0n) is 10.3. The molecule has 0 atom stereocenters. The van der Waals surface area contributed by atoms with Crippen molar-refractivity contribution in [1.29, 1.82) is 0 Å². The van der Waals surface area contributed by atoms with Crippen molar-refractivity contribution in [1.82, 2.24) is 0 Å². The summed E-state index contributed by atoms with van der Waals surface area (Å²) in [6, 6.07) is 7.01. The minimum Gasteiger partial charge on any atom is -0.370 e. The Kier molecular flexibility index (Phi) is 6.07. The van der Waals surface area contributed by atoms with Gasteiger partial charge in [0.15, 0.2) is 5.96 Å². The van der Waals surface area contributed by atoms with Gasteiger partial charge in [-0.1, -0.05) is 13.3 Å². The third kappa shape index (κ3) is 5.58. The molecule has 0 unspecified atom stereocenters. The molecule has 0 bridgehead atoms. The maximum Gasteiger partial charge on any atom is 0.348 e. The molecule has 98 valence electrons. The van der Waals surface area contributed by atoms with Gasteiger partial charge in [0.1, 0.15) is 0 Å². The van der Waals surface area contributed by atoms with E-state index < -0.39 is 6.03 Å². The van der Waals surface area contributed by atoms with Gasteiger partial charge in [-0.3, -0.25) is 0 Å². The number of anilines is 1. The summed E-state index contributed by atoms with van der Waals surface area (Å²) in [6.45, 7) is 2.17. The van der Waals surface area contributed by atoms with Crippen molar-refractivity contribution < 1.29 is 4.79 Å². The van der Waals surface area contributed by atoms with Crippen LogP contribution in [0.1, 0.15) is 19.8 Å². The Balaban J connectivity index is 2.50. The van der Waals surface area contributed by atoms with E-state index in [1.54, 1.807) is 11.8 Å². The monoisotopic (exact) mass is 266 g/mol. The summed E-state index contributed by atoms with van der Waals surface area (Å²) in [5, 5.41) is 2.57. The average molecular weight is 266 g/mol. The number of unbranched alkanes of at least 4 members (excludes halogenated alkanes) is 1. The van der Waals surface area contributed by atoms with E-state index in [2.05, 4.69) is 17.2 Å². The third-order valence-electron chi connectivity index (χ3n) is 2.10. The number of carbonyl (C=O) groups is 1. The van der Waals surface area contributed by atoms with Crippen molar-refractivity contribution in [2.75, 3.05) is 11.1 Å². The van der Waals surface area contributed by atoms with Crippen molar-refractivity contribution in [3.05, 3.63) is 24.3 Å². The number of carbonyl (C=O) groups excluding carboxylic acids is 1. The van der Waals surface area contributed by atoms with Crippen LogP contribution in [0.25, 0.3) is 0 Å². The van der Waals surface area contributed by atoms with E-state index in [1.807, 2.05) is 24.3 Å². The summed E-state index contributed by atoms with van der Waals surface area (Å²) in [6.07, 6.45) is 2.40. The lowest BCUT2D eigenvalue weighted by Gasteiger charge is -2.04. The van der Waals surface area contributed by atoms with Crippen LogP contribution in [0, 0.1) is 0 Å². The second kappa shape index (κ2) is 7.60. The minimum absolute atomic E-state index is 0.251. The molecule has 0 saturated heterocycles. The molecule has 6 heteroatoms. The molecule has 2 amide bonds. The highest BCUT2D eigenvalue weighted by Gasteiger charge is 2.00. The number of rotatable bonds is 5. The standard InChI is InChI=1S/C12H18N4OS/c1-2-3-8-18-10-6-4-9(5-7-10)15-12(17)16-11(13)14/h4-7H,2-3,8H2,1H3,(H5,13,14,15,16,17). The number of benzene rings is 1. The Morgan fingerprint density at radius 1 is 1.33 bits per heavy atom. The first-order valence-corrected chi connectivity index (χ1v) is 6.74. The Labute approximate surface area is 111 Å². The quantitative estimate of drug-likeness (QED) is 0.330. The highest BCUT2D eigenvalue weighted by atomic mass is 32.2. The van der Waals surface area contributed by atoms with Gasteiger partial charge in [0.25, 0.3) is 0 Å². The summed E-state index contributed by atoms with van der Waals surface area (Å²) in [5.74, 6) is 0.857. The van der Waals surface area contributed by atoms with Crippen molar-refractivity contribution >= 4 is 29.4 Å². The van der Waals surface area contributed by atoms with Gasteiger partial charge >= 0.3 is 6.03 Å². The lowest BCUT2D eigenvalue weighted by molar-refractivity contribution is 0.259. The van der Waals surface area contributed by atoms with E-state index in [1.165, 1.54) is 17.7 Å². The lowest BCUT2D eigenvalue weighted by Crippen LogP contribution is -2.25. The molecule has 0 spiro atoms. The molecule has 5 N–H and O–H groups in total. The molecule has 5 nitrogen and oxygen atoms in total. The van der Waals surface area contributed by atoms with Crippen molar-refractivity contribution in [3.8, 4) is 0 Å². The molecule has 1 aromatic rings. The maximum atomic E-state index is 11.3. The molecule has 0 aliphatic rings. The Bertz CT molecular complexity index is 413. The van der Waals surface area contributed by atoms with Gasteiger partial charge in [0.2, 0.25) is 0 Å². The Morgan fingerprint density at radius 3 is 2.56 bits per heavy atom. The van der Waals surface area contributed by atoms with Gasteiger partial charge in [-0.15, -0.1) is 11.8 Å². The largest absolute Gasteiger partial charge is 0.370 e. The van der Waals surface area contributed by atoms with Gasteiger partial charge < -0.3 is 16.8 Å². The fraction of sp³-hybridized carbons (Fsp3) is 0.333. The number of nitrogens with two attached hydrogens (primary N) is 2. The van der Waals surface area contributed by atoms with Crippen LogP contribution in [0.4, 0.5) is 10.5 Å². The smallest absolute Gasteiger partial charge is 0.348 e. The zero-order valence-corrected chi connectivity index (χ0v) is 11.2. The van der Waals surface area contributed by atoms with E-state index in [9.17, 15) is 4.79 Å². The summed E-state index contributed by atoms with van der Waals surface area (Å²) < 4.78 is 0. The van der Waals surface area contributed by atoms with Gasteiger partial charge in [-0.2, -0.15) is 4.99 Å². The molecular formula is C12H18N4OS. The van der Waals surface area contributed by atoms with Crippen LogP contribution < -0.4 is 16.8 Å². The molecule has 0 saturated carbocycles. The molecular weight excluding hydrogens is 248 g/mol. The Hall–Kier alpha value is -1.69. The fourth-order valence-electron chi connectivity index (χ4n) is 1.24. The summed E-state index contributed by atoms with van der Waals surface area (Å²) >= 11 is 1.80. The molecule has 1 aromatic carbocycles. The van der Waals surface area contributed by atoms with Gasteiger partial charge in [0.05, 0.1) is 0 Å². The van der Waals surface area contributed by atoms with Gasteiger partial charge in [0, 0.05) is 10.6 Å². The number of hydrogen-bond donors (Lipinski definition) is 3. The number of hydrogen-bond acceptors (Lipinski definition) is 2. The first-order valence-electron chi connectivity index (χ1n) is 5.75. The molecule has 0 heterocycles. The summed E-state index contributed by atoms with van der Waals surface area (Å²) in [5.41, 5.74) is 10.9. The molecule has 0 aromatic heterocycles. The molecule has 0 fully saturated rings. The third-order valence-corrected chi connectivity index (χ3v) is 3.20. The molecule has 18 heavy (non-hydrogen) atoms. The Morgan fingerprint density at radius 2 is 2.00 bits per heavy atom. The first kappa shape index (κ1) is 14.4. The average Bonchev–Trinajstić information content (AvgIpc) is 2.30. The van der Waals surface area contributed by atoms with Gasteiger partial charge in [-0.25, -0.2) is 4.79 Å².